The van der Waals surface area contributed by atoms with Crippen molar-refractivity contribution < 1.29 is 49.4 Å². The van der Waals surface area contributed by atoms with E-state index in [9.17, 15) is 35.1 Å². The quantitative estimate of drug-likeness (QED) is 0.0374. The summed E-state index contributed by atoms with van der Waals surface area (Å²) in [5, 5.41) is 64.1. The number of hydrogen-bond donors (Lipinski definition) is 6. The molecule has 4 aliphatic carbocycles. The number of ether oxygens (including phenoxy) is 2. The van der Waals surface area contributed by atoms with Gasteiger partial charge in [0.05, 0.1) is 31.2 Å². The second kappa shape index (κ2) is 21.9. The first-order valence-corrected chi connectivity index (χ1v) is 27.7. The molecule has 3 fully saturated rings. The first-order valence-electron chi connectivity index (χ1n) is 27.7. The van der Waals surface area contributed by atoms with Gasteiger partial charge in [-0.05, 0) is 152 Å². The average molecular weight is 994 g/mol. The third-order valence-corrected chi connectivity index (χ3v) is 17.9. The van der Waals surface area contributed by atoms with Gasteiger partial charge in [-0.25, -0.2) is 4.79 Å². The van der Waals surface area contributed by atoms with E-state index in [1.54, 1.807) is 13.0 Å². The van der Waals surface area contributed by atoms with Crippen molar-refractivity contribution in [1.29, 1.82) is 0 Å². The Morgan fingerprint density at radius 3 is 2.48 bits per heavy atom. The highest BCUT2D eigenvalue weighted by atomic mass is 16.6. The van der Waals surface area contributed by atoms with E-state index in [-0.39, 0.29) is 92.0 Å². The van der Waals surface area contributed by atoms with Crippen molar-refractivity contribution in [3.8, 4) is 23.3 Å². The molecular formula is C62H75NO10. The zero-order valence-corrected chi connectivity index (χ0v) is 42.8. The molecule has 73 heavy (non-hydrogen) atoms. The largest absolute Gasteiger partial charge is 0.507 e. The van der Waals surface area contributed by atoms with E-state index in [0.717, 1.165) is 86.6 Å². The fraction of sp³-hybridized carbons (Fsp3) is 0.565. The summed E-state index contributed by atoms with van der Waals surface area (Å²) in [5.74, 6) is 3.48. The number of aromatic hydroxyl groups is 1. The van der Waals surface area contributed by atoms with Crippen molar-refractivity contribution in [3.05, 3.63) is 111 Å². The molecule has 0 spiro atoms. The van der Waals surface area contributed by atoms with E-state index in [4.69, 9.17) is 9.47 Å². The predicted molar refractivity (Wildman–Crippen MR) is 279 cm³/mol. The lowest BCUT2D eigenvalue weighted by atomic mass is 9.49. The van der Waals surface area contributed by atoms with E-state index in [1.165, 1.54) is 0 Å². The molecular weight excluding hydrogens is 919 g/mol. The number of anilines is 1. The molecule has 3 saturated carbocycles. The van der Waals surface area contributed by atoms with Crippen LogP contribution in [0.1, 0.15) is 172 Å². The second-order valence-electron chi connectivity index (χ2n) is 22.7. The van der Waals surface area contributed by atoms with Gasteiger partial charge in [0.15, 0.2) is 0 Å². The number of unbranched alkanes of at least 4 members (excludes halogenated alkanes) is 2. The Labute approximate surface area is 430 Å². The van der Waals surface area contributed by atoms with Gasteiger partial charge >= 0.3 is 11.9 Å². The summed E-state index contributed by atoms with van der Waals surface area (Å²) in [6, 6.07) is 13.8. The van der Waals surface area contributed by atoms with Crippen molar-refractivity contribution >= 4 is 23.4 Å². The molecule has 10 bridgehead atoms. The Hall–Kier alpha value is -5.25. The smallest absolute Gasteiger partial charge is 0.334 e. The van der Waals surface area contributed by atoms with Gasteiger partial charge in [-0.1, -0.05) is 93.4 Å². The number of hydrogen-bond acceptors (Lipinski definition) is 11. The maximum absolute atomic E-state index is 15.7. The van der Waals surface area contributed by atoms with Crippen molar-refractivity contribution in [2.24, 2.45) is 29.6 Å². The number of nitrogens with one attached hydrogen (secondary N) is 1. The Morgan fingerprint density at radius 2 is 1.70 bits per heavy atom. The van der Waals surface area contributed by atoms with Gasteiger partial charge in [0.25, 0.3) is 0 Å². The molecule has 388 valence electrons. The Kier molecular flexibility index (Phi) is 15.4. The van der Waals surface area contributed by atoms with Crippen molar-refractivity contribution in [1.82, 2.24) is 0 Å². The van der Waals surface area contributed by atoms with Crippen LogP contribution in [0.3, 0.4) is 0 Å². The minimum atomic E-state index is -1.64. The molecule has 3 aromatic rings. The molecule has 0 amide bonds. The zero-order valence-electron chi connectivity index (χ0n) is 42.8. The standard InChI is InChI=1S/C62H75NO10/c1-3-4-6-17-48-46(35-64)27-43(31-54(48)63-34-36(2)65)40-19-20-41-33-57(68)73-60-49(41)30-44(59(69)58(60)39-14-7-5-8-15-39)32-56-62(71)52-18-10-9-16-42(52)29-50-51(55(67)22-21-53(50)62)25-38-13-11-12-37(23-38)24-47(66)28-45(26-40)61(70)72-56/h9,11-13,16,23,27-28,30-31,36,39-42,47,50-53,56,63-66,69,71H,3-8,10,14-15,17-18,21-22,24-26,29,32-35H2,1-2H3/b45-28-/t36-,40+,41+,42-,47+,50-,51-,52-,53+,56+,62-/m0/s1. The Morgan fingerprint density at radius 1 is 0.904 bits per heavy atom. The Bertz CT molecular complexity index is 2700. The van der Waals surface area contributed by atoms with Crippen molar-refractivity contribution in [2.75, 3.05) is 11.9 Å². The number of phenols is 1. The molecule has 0 saturated heterocycles. The van der Waals surface area contributed by atoms with Crippen LogP contribution in [0.25, 0.3) is 0 Å². The number of ketones is 1. The summed E-state index contributed by atoms with van der Waals surface area (Å²) in [4.78, 5) is 43.8. The van der Waals surface area contributed by atoms with E-state index in [1.807, 2.05) is 36.4 Å². The highest BCUT2D eigenvalue weighted by Gasteiger charge is 2.62. The van der Waals surface area contributed by atoms with Crippen molar-refractivity contribution in [3.63, 3.8) is 0 Å². The maximum atomic E-state index is 15.7. The van der Waals surface area contributed by atoms with Crippen molar-refractivity contribution in [2.45, 2.75) is 184 Å². The maximum Gasteiger partial charge on any atom is 0.334 e. The van der Waals surface area contributed by atoms with Crippen LogP contribution in [-0.2, 0) is 51.4 Å². The monoisotopic (exact) mass is 994 g/mol. The van der Waals surface area contributed by atoms with E-state index >= 15 is 4.79 Å². The first-order chi connectivity index (χ1) is 35.3. The minimum absolute atomic E-state index is 0.0160. The molecule has 3 aromatic carbocycles. The number of aliphatic hydroxyl groups excluding tert-OH is 3. The number of carbonyl (C=O) groups excluding carboxylic acids is 3. The van der Waals surface area contributed by atoms with Gasteiger partial charge in [0.1, 0.15) is 29.0 Å². The third kappa shape index (κ3) is 10.4. The number of benzene rings is 3. The number of fused-ring (bicyclic) bond motifs is 9. The fourth-order valence-corrected chi connectivity index (χ4v) is 14.4. The van der Waals surface area contributed by atoms with E-state index in [0.29, 0.717) is 59.3 Å². The number of carbonyl (C=O) groups is 3. The molecule has 3 heterocycles. The second-order valence-corrected chi connectivity index (χ2v) is 22.7. The Balaban J connectivity index is 1.21. The van der Waals surface area contributed by atoms with Gasteiger partial charge in [0.2, 0.25) is 0 Å². The number of phenolic OH excluding ortho intramolecular Hbond substituents is 1. The number of Topliss-reactive ketones (excluding diaryl/α,β-unsaturated/α-hetero) is 1. The number of rotatable bonds is 10. The van der Waals surface area contributed by atoms with Gasteiger partial charge in [-0.3, -0.25) is 9.59 Å². The molecule has 0 radical (unpaired) electrons. The summed E-state index contributed by atoms with van der Waals surface area (Å²) >= 11 is 0. The molecule has 7 aliphatic rings. The van der Waals surface area contributed by atoms with Crippen LogP contribution in [0.4, 0.5) is 5.69 Å². The van der Waals surface area contributed by atoms with Crippen LogP contribution in [-0.4, -0.2) is 73.7 Å². The highest BCUT2D eigenvalue weighted by Crippen LogP contribution is 2.58. The van der Waals surface area contributed by atoms with Crippen LogP contribution >= 0.6 is 0 Å². The lowest BCUT2D eigenvalue weighted by molar-refractivity contribution is -0.221. The minimum Gasteiger partial charge on any atom is -0.507 e. The van der Waals surface area contributed by atoms with Gasteiger partial charge in [0, 0.05) is 60.0 Å². The summed E-state index contributed by atoms with van der Waals surface area (Å²) in [6.45, 7) is 3.85. The van der Waals surface area contributed by atoms with Crippen LogP contribution in [0.2, 0.25) is 0 Å². The first kappa shape index (κ1) is 51.2. The molecule has 6 N–H and O–H groups in total. The zero-order chi connectivity index (χ0) is 51.0. The van der Waals surface area contributed by atoms with Crippen LogP contribution in [0, 0.1) is 41.4 Å². The number of allylic oxidation sites excluding steroid dienone is 2. The summed E-state index contributed by atoms with van der Waals surface area (Å²) in [5.41, 5.74) is 5.17. The topological polar surface area (TPSA) is 183 Å². The lowest BCUT2D eigenvalue weighted by Crippen LogP contribution is -2.65. The summed E-state index contributed by atoms with van der Waals surface area (Å²) < 4.78 is 13.2. The number of esters is 2. The third-order valence-electron chi connectivity index (χ3n) is 17.9. The predicted octanol–water partition coefficient (Wildman–Crippen LogP) is 9.51. The normalized spacial score (nSPS) is 31.3. The summed E-state index contributed by atoms with van der Waals surface area (Å²) in [6.07, 6.45) is 14.5. The van der Waals surface area contributed by atoms with Gasteiger partial charge in [-0.15, -0.1) is 0 Å². The molecule has 11 nitrogen and oxygen atoms in total. The highest BCUT2D eigenvalue weighted by molar-refractivity contribution is 5.89. The average Bonchev–Trinajstić information content (AvgIpc) is 3.38. The molecule has 0 unspecified atom stereocenters. The van der Waals surface area contributed by atoms with Gasteiger partial charge < -0.3 is 40.3 Å². The van der Waals surface area contributed by atoms with E-state index in [2.05, 4.69) is 42.3 Å². The molecule has 10 rings (SSSR count). The van der Waals surface area contributed by atoms with Gasteiger partial charge in [-0.2, -0.15) is 0 Å². The fourth-order valence-electron chi connectivity index (χ4n) is 14.4. The molecule has 0 aromatic heterocycles. The summed E-state index contributed by atoms with van der Waals surface area (Å²) in [7, 11) is 0. The molecule has 11 atom stereocenters. The van der Waals surface area contributed by atoms with Crippen LogP contribution in [0.15, 0.2) is 66.3 Å². The SMILES string of the molecule is CCCCCc1c(CO)cc([C@@H]2C#C[C@@H]3CC(=O)Oc4c3cc(c(O)c4C3CCCCC3)C[C@H]3OC(=O)/C(=C\[C@H](O)Cc4cccc(c4)C[C@@H]4C(=O)CC[C@@H]5[C@H]4C[C@@H]4C=CCC[C@@H]4[C@]53O)C2)cc1NC[C@H](C)O. The van der Waals surface area contributed by atoms with Crippen LogP contribution in [0.5, 0.6) is 11.5 Å². The van der Waals surface area contributed by atoms with E-state index < -0.39 is 53.6 Å². The number of aliphatic hydroxyl groups is 4. The van der Waals surface area contributed by atoms with Crippen LogP contribution < -0.4 is 10.1 Å². The lowest BCUT2D eigenvalue weighted by Gasteiger charge is -2.58. The molecule has 11 heteroatoms. The molecule has 3 aliphatic heterocycles.